The predicted octanol–water partition coefficient (Wildman–Crippen LogP) is 2.56. The van der Waals surface area contributed by atoms with Gasteiger partial charge in [0.15, 0.2) is 5.82 Å². The number of aromatic amines is 1. The first-order chi connectivity index (χ1) is 11.8. The van der Waals surface area contributed by atoms with Crippen LogP contribution in [0.4, 0.5) is 5.82 Å². The van der Waals surface area contributed by atoms with Crippen molar-refractivity contribution in [3.8, 4) is 5.75 Å². The number of aromatic nitrogens is 4. The van der Waals surface area contributed by atoms with Crippen molar-refractivity contribution < 1.29 is 9.25 Å². The maximum Gasteiger partial charge on any atom is 0.325 e. The molecule has 0 aliphatic heterocycles. The van der Waals surface area contributed by atoms with Crippen molar-refractivity contribution in [3.05, 3.63) is 48.3 Å². The molecule has 0 fully saturated rings. The molecule has 0 unspecified atom stereocenters. The third kappa shape index (κ3) is 4.28. The van der Waals surface area contributed by atoms with Gasteiger partial charge in [0.25, 0.3) is 0 Å². The van der Waals surface area contributed by atoms with Gasteiger partial charge in [0.2, 0.25) is 6.33 Å². The summed E-state index contributed by atoms with van der Waals surface area (Å²) in [5, 5.41) is 15.3. The number of ether oxygens (including phenoxy) is 1. The van der Waals surface area contributed by atoms with Gasteiger partial charge >= 0.3 is 5.65 Å². The van der Waals surface area contributed by atoms with E-state index in [4.69, 9.17) is 4.74 Å². The first-order valence-corrected chi connectivity index (χ1v) is 8.09. The van der Waals surface area contributed by atoms with Crippen LogP contribution in [0.25, 0.3) is 5.65 Å². The molecule has 124 valence electrons. The van der Waals surface area contributed by atoms with Crippen LogP contribution in [-0.2, 0) is 0 Å². The molecule has 2 aromatic heterocycles. The Morgan fingerprint density at radius 1 is 1.21 bits per heavy atom. The smallest absolute Gasteiger partial charge is 0.325 e. The number of anilines is 1. The lowest BCUT2D eigenvalue weighted by Gasteiger charge is -2.05. The number of rotatable bonds is 8. The summed E-state index contributed by atoms with van der Waals surface area (Å²) in [5.41, 5.74) is 4.64. The molecule has 0 atom stereocenters. The number of fused-ring (bicyclic) bond motifs is 1. The van der Waals surface area contributed by atoms with Gasteiger partial charge in [-0.1, -0.05) is 24.9 Å². The summed E-state index contributed by atoms with van der Waals surface area (Å²) in [6, 6.07) is 11.5. The second kappa shape index (κ2) is 8.05. The second-order valence-electron chi connectivity index (χ2n) is 5.39. The van der Waals surface area contributed by atoms with Gasteiger partial charge in [0.05, 0.1) is 12.8 Å². The van der Waals surface area contributed by atoms with Gasteiger partial charge in [0.1, 0.15) is 5.75 Å². The fourth-order valence-corrected chi connectivity index (χ4v) is 2.19. The highest BCUT2D eigenvalue weighted by atomic mass is 16.5. The molecular weight excluding hydrogens is 304 g/mol. The number of nitrogens with zero attached hydrogens (tertiary/aromatic N) is 4. The molecule has 0 saturated heterocycles. The Morgan fingerprint density at radius 3 is 2.92 bits per heavy atom. The Balaban J connectivity index is 1.52. The SMILES string of the molecule is CCCCCOc1ccc(C=NNc2ccc3n[nH]c[n+]3n2)cc1. The highest BCUT2D eigenvalue weighted by molar-refractivity contribution is 5.80. The predicted molar refractivity (Wildman–Crippen MR) is 92.2 cm³/mol. The summed E-state index contributed by atoms with van der Waals surface area (Å²) >= 11 is 0. The van der Waals surface area contributed by atoms with E-state index in [-0.39, 0.29) is 0 Å². The fourth-order valence-electron chi connectivity index (χ4n) is 2.19. The summed E-state index contributed by atoms with van der Waals surface area (Å²) in [6.07, 6.45) is 6.91. The lowest BCUT2D eigenvalue weighted by atomic mass is 10.2. The average molecular weight is 325 g/mol. The lowest BCUT2D eigenvalue weighted by molar-refractivity contribution is -0.579. The zero-order valence-corrected chi connectivity index (χ0v) is 13.6. The Labute approximate surface area is 140 Å². The Bertz CT molecular complexity index is 796. The largest absolute Gasteiger partial charge is 0.494 e. The van der Waals surface area contributed by atoms with E-state index in [1.165, 1.54) is 12.8 Å². The molecule has 3 rings (SSSR count). The van der Waals surface area contributed by atoms with E-state index < -0.39 is 0 Å². The van der Waals surface area contributed by atoms with E-state index in [2.05, 4.69) is 32.7 Å². The summed E-state index contributed by atoms with van der Waals surface area (Å²) in [5.74, 6) is 1.53. The molecule has 0 aliphatic carbocycles. The fraction of sp³-hybridized carbons (Fsp3) is 0.294. The monoisotopic (exact) mass is 325 g/mol. The van der Waals surface area contributed by atoms with E-state index >= 15 is 0 Å². The van der Waals surface area contributed by atoms with Gasteiger partial charge in [-0.3, -0.25) is 5.43 Å². The minimum Gasteiger partial charge on any atom is -0.494 e. The van der Waals surface area contributed by atoms with Crippen molar-refractivity contribution in [2.24, 2.45) is 5.10 Å². The van der Waals surface area contributed by atoms with E-state index in [9.17, 15) is 0 Å². The van der Waals surface area contributed by atoms with Gasteiger partial charge in [-0.15, -0.1) is 9.61 Å². The molecule has 0 bridgehead atoms. The Kier molecular flexibility index (Phi) is 5.34. The molecule has 0 spiro atoms. The standard InChI is InChI=1S/C17H20N6O/c1-2-3-4-11-24-15-7-5-14(6-8-15)12-18-20-16-9-10-17-21-19-13-23(17)22-16/h5-10,12-13H,2-4,11H2,1H3,(H,20,22)/p+1. The molecular formula is C17H21N6O+. The van der Waals surface area contributed by atoms with Crippen molar-refractivity contribution in [1.29, 1.82) is 0 Å². The Hall–Kier alpha value is -2.96. The van der Waals surface area contributed by atoms with Crippen LogP contribution in [0, 0.1) is 0 Å². The number of hydrogen-bond acceptors (Lipinski definition) is 5. The van der Waals surface area contributed by atoms with Gasteiger partial charge in [0, 0.05) is 11.2 Å². The van der Waals surface area contributed by atoms with E-state index in [0.29, 0.717) is 5.82 Å². The quantitative estimate of drug-likeness (QED) is 0.289. The van der Waals surface area contributed by atoms with E-state index in [1.54, 1.807) is 17.1 Å². The van der Waals surface area contributed by atoms with Crippen LogP contribution < -0.4 is 14.7 Å². The average Bonchev–Trinajstić information content (AvgIpc) is 3.08. The molecule has 24 heavy (non-hydrogen) atoms. The molecule has 0 amide bonds. The zero-order chi connectivity index (χ0) is 16.6. The van der Waals surface area contributed by atoms with E-state index in [1.807, 2.05) is 36.4 Å². The van der Waals surface area contributed by atoms with Gasteiger partial charge < -0.3 is 4.74 Å². The van der Waals surface area contributed by atoms with E-state index in [0.717, 1.165) is 30.0 Å². The first-order valence-electron chi connectivity index (χ1n) is 8.09. The van der Waals surface area contributed by atoms with Crippen LogP contribution >= 0.6 is 0 Å². The van der Waals surface area contributed by atoms with Crippen LogP contribution in [0.1, 0.15) is 31.7 Å². The molecule has 1 aromatic carbocycles. The number of unbranched alkanes of at least 4 members (excludes halogenated alkanes) is 2. The molecule has 0 saturated carbocycles. The molecule has 2 N–H and O–H groups in total. The number of hydrogen-bond donors (Lipinski definition) is 2. The highest BCUT2D eigenvalue weighted by Gasteiger charge is 2.04. The van der Waals surface area contributed by atoms with Crippen molar-refractivity contribution in [2.45, 2.75) is 26.2 Å². The van der Waals surface area contributed by atoms with Crippen molar-refractivity contribution in [2.75, 3.05) is 12.0 Å². The third-order valence-electron chi connectivity index (χ3n) is 3.49. The van der Waals surface area contributed by atoms with Crippen LogP contribution in [0.5, 0.6) is 5.75 Å². The number of nitrogens with one attached hydrogen (secondary N) is 2. The molecule has 7 heteroatoms. The first kappa shape index (κ1) is 15.9. The minimum absolute atomic E-state index is 0.640. The van der Waals surface area contributed by atoms with Crippen LogP contribution in [0.2, 0.25) is 0 Å². The van der Waals surface area contributed by atoms with Crippen molar-refractivity contribution >= 4 is 17.7 Å². The normalized spacial score (nSPS) is 11.2. The van der Waals surface area contributed by atoms with Crippen LogP contribution in [0.3, 0.4) is 0 Å². The molecule has 0 radical (unpaired) electrons. The molecule has 0 aliphatic rings. The number of hydrazone groups is 1. The van der Waals surface area contributed by atoms with Crippen LogP contribution in [0.15, 0.2) is 47.8 Å². The summed E-state index contributed by atoms with van der Waals surface area (Å²) < 4.78 is 7.33. The molecule has 7 nitrogen and oxygen atoms in total. The molecule has 3 aromatic rings. The topological polar surface area (TPSA) is 79.3 Å². The highest BCUT2D eigenvalue weighted by Crippen LogP contribution is 2.12. The second-order valence-corrected chi connectivity index (χ2v) is 5.39. The minimum atomic E-state index is 0.640. The van der Waals surface area contributed by atoms with Gasteiger partial charge in [-0.25, -0.2) is 0 Å². The number of H-pyrrole nitrogens is 1. The zero-order valence-electron chi connectivity index (χ0n) is 13.6. The summed E-state index contributed by atoms with van der Waals surface area (Å²) in [7, 11) is 0. The lowest BCUT2D eigenvalue weighted by Crippen LogP contribution is -2.24. The maximum atomic E-state index is 5.69. The summed E-state index contributed by atoms with van der Waals surface area (Å²) in [6.45, 7) is 2.95. The van der Waals surface area contributed by atoms with Gasteiger partial charge in [-0.05, 0) is 42.3 Å². The van der Waals surface area contributed by atoms with Gasteiger partial charge in [-0.2, -0.15) is 5.10 Å². The molecule has 2 heterocycles. The van der Waals surface area contributed by atoms with Crippen LogP contribution in [-0.4, -0.2) is 28.1 Å². The van der Waals surface area contributed by atoms with Crippen molar-refractivity contribution in [1.82, 2.24) is 15.3 Å². The van der Waals surface area contributed by atoms with Crippen molar-refractivity contribution in [3.63, 3.8) is 0 Å². The maximum absolute atomic E-state index is 5.69. The number of benzene rings is 1. The third-order valence-corrected chi connectivity index (χ3v) is 3.49. The Morgan fingerprint density at radius 2 is 2.08 bits per heavy atom. The summed E-state index contributed by atoms with van der Waals surface area (Å²) in [4.78, 5) is 0.